The molecule has 0 unspecified atom stereocenters. The standard InChI is InChI=1S/C20H29N5O4S/c1-15-19(16(2)23-22-15)30(27,28)25-12-4-11-24(13-14-25)20(26)21-10-9-17-5-7-18(29-3)8-6-17/h5-8H,4,9-14H2,1-3H3,(H,21,26)(H,22,23). The van der Waals surface area contributed by atoms with Gasteiger partial charge in [0.2, 0.25) is 10.0 Å². The molecule has 2 aromatic rings. The molecule has 3 rings (SSSR count). The number of urea groups is 1. The molecule has 1 aliphatic heterocycles. The average molecular weight is 436 g/mol. The van der Waals surface area contributed by atoms with E-state index < -0.39 is 10.0 Å². The smallest absolute Gasteiger partial charge is 0.317 e. The summed E-state index contributed by atoms with van der Waals surface area (Å²) >= 11 is 0. The van der Waals surface area contributed by atoms with Crippen molar-refractivity contribution in [1.29, 1.82) is 0 Å². The highest BCUT2D eigenvalue weighted by molar-refractivity contribution is 7.89. The topological polar surface area (TPSA) is 108 Å². The van der Waals surface area contributed by atoms with Crippen LogP contribution >= 0.6 is 0 Å². The maximum absolute atomic E-state index is 13.0. The van der Waals surface area contributed by atoms with E-state index in [1.807, 2.05) is 24.3 Å². The fraction of sp³-hybridized carbons (Fsp3) is 0.500. The number of carbonyl (C=O) groups is 1. The minimum Gasteiger partial charge on any atom is -0.497 e. The largest absolute Gasteiger partial charge is 0.497 e. The number of rotatable bonds is 6. The number of nitrogens with zero attached hydrogens (tertiary/aromatic N) is 3. The molecule has 0 spiro atoms. The van der Waals surface area contributed by atoms with Gasteiger partial charge >= 0.3 is 6.03 Å². The number of aryl methyl sites for hydroxylation is 2. The molecule has 164 valence electrons. The minimum atomic E-state index is -3.64. The highest BCUT2D eigenvalue weighted by Gasteiger charge is 2.31. The molecule has 2 amide bonds. The second-order valence-electron chi connectivity index (χ2n) is 7.34. The molecule has 1 saturated heterocycles. The Morgan fingerprint density at radius 2 is 1.90 bits per heavy atom. The molecule has 2 N–H and O–H groups in total. The summed E-state index contributed by atoms with van der Waals surface area (Å²) in [7, 11) is -2.01. The van der Waals surface area contributed by atoms with E-state index in [2.05, 4.69) is 15.5 Å². The van der Waals surface area contributed by atoms with Crippen LogP contribution in [0.15, 0.2) is 29.2 Å². The molecule has 0 radical (unpaired) electrons. The normalized spacial score (nSPS) is 15.6. The van der Waals surface area contributed by atoms with Crippen molar-refractivity contribution in [2.75, 3.05) is 39.8 Å². The number of amides is 2. The van der Waals surface area contributed by atoms with Crippen molar-refractivity contribution in [3.63, 3.8) is 0 Å². The zero-order valence-corrected chi connectivity index (χ0v) is 18.5. The minimum absolute atomic E-state index is 0.168. The molecule has 1 aromatic carbocycles. The number of hydrogen-bond acceptors (Lipinski definition) is 5. The molecule has 1 aliphatic rings. The van der Waals surface area contributed by atoms with Gasteiger partial charge in [0.15, 0.2) is 0 Å². The molecule has 9 nitrogen and oxygen atoms in total. The molecular weight excluding hydrogens is 406 g/mol. The Morgan fingerprint density at radius 1 is 1.17 bits per heavy atom. The van der Waals surface area contributed by atoms with Crippen LogP contribution in [0.2, 0.25) is 0 Å². The van der Waals surface area contributed by atoms with Crippen molar-refractivity contribution in [3.05, 3.63) is 41.2 Å². The molecule has 0 aliphatic carbocycles. The van der Waals surface area contributed by atoms with E-state index in [9.17, 15) is 13.2 Å². The summed E-state index contributed by atoms with van der Waals surface area (Å²) in [6, 6.07) is 7.56. The summed E-state index contributed by atoms with van der Waals surface area (Å²) in [6.07, 6.45) is 1.30. The van der Waals surface area contributed by atoms with Crippen molar-refractivity contribution >= 4 is 16.1 Å². The van der Waals surface area contributed by atoms with Crippen LogP contribution < -0.4 is 10.1 Å². The number of H-pyrrole nitrogens is 1. The van der Waals surface area contributed by atoms with E-state index in [1.54, 1.807) is 25.9 Å². The predicted octanol–water partition coefficient (Wildman–Crippen LogP) is 1.68. The number of methoxy groups -OCH3 is 1. The zero-order valence-electron chi connectivity index (χ0n) is 17.6. The first-order chi connectivity index (χ1) is 14.3. The number of nitrogens with one attached hydrogen (secondary N) is 2. The Hall–Kier alpha value is -2.59. The van der Waals surface area contributed by atoms with Gasteiger partial charge in [-0.2, -0.15) is 9.40 Å². The number of ether oxygens (including phenoxy) is 1. The summed E-state index contributed by atoms with van der Waals surface area (Å²) in [5.74, 6) is 0.799. The predicted molar refractivity (Wildman–Crippen MR) is 113 cm³/mol. The fourth-order valence-corrected chi connectivity index (χ4v) is 5.41. The summed E-state index contributed by atoms with van der Waals surface area (Å²) in [5, 5.41) is 9.66. The van der Waals surface area contributed by atoms with E-state index in [0.717, 1.165) is 11.3 Å². The Morgan fingerprint density at radius 3 is 2.53 bits per heavy atom. The first-order valence-electron chi connectivity index (χ1n) is 10.0. The van der Waals surface area contributed by atoms with Crippen LogP contribution in [0.4, 0.5) is 4.79 Å². The number of aromatic nitrogens is 2. The molecular formula is C20H29N5O4S. The zero-order chi connectivity index (χ0) is 21.7. The van der Waals surface area contributed by atoms with Crippen LogP contribution in [0, 0.1) is 13.8 Å². The Bertz CT molecular complexity index is 952. The average Bonchev–Trinajstić information content (AvgIpc) is 2.93. The third-order valence-electron chi connectivity index (χ3n) is 5.25. The Balaban J connectivity index is 1.53. The van der Waals surface area contributed by atoms with Gasteiger partial charge in [-0.15, -0.1) is 0 Å². The Labute approximate surface area is 177 Å². The summed E-state index contributed by atoms with van der Waals surface area (Å²) in [6.45, 7) is 5.40. The molecule has 0 atom stereocenters. The molecule has 0 saturated carbocycles. The first kappa shape index (κ1) is 22.1. The SMILES string of the molecule is COc1ccc(CCNC(=O)N2CCCN(S(=O)(=O)c3c(C)n[nH]c3C)CC2)cc1. The third kappa shape index (κ3) is 4.93. The number of benzene rings is 1. The van der Waals surface area contributed by atoms with Crippen molar-refractivity contribution in [3.8, 4) is 5.75 Å². The maximum Gasteiger partial charge on any atom is 0.317 e. The molecule has 10 heteroatoms. The second kappa shape index (κ2) is 9.48. The summed E-state index contributed by atoms with van der Waals surface area (Å²) < 4.78 is 32.7. The van der Waals surface area contributed by atoms with Crippen LogP contribution in [0.5, 0.6) is 5.75 Å². The molecule has 0 bridgehead atoms. The summed E-state index contributed by atoms with van der Waals surface area (Å²) in [4.78, 5) is 14.5. The van der Waals surface area contributed by atoms with E-state index >= 15 is 0 Å². The highest BCUT2D eigenvalue weighted by Crippen LogP contribution is 2.22. The van der Waals surface area contributed by atoms with Gasteiger partial charge in [0.05, 0.1) is 18.5 Å². The number of hydrogen-bond donors (Lipinski definition) is 2. The third-order valence-corrected chi connectivity index (χ3v) is 7.41. The van der Waals surface area contributed by atoms with Crippen molar-refractivity contribution in [2.45, 2.75) is 31.6 Å². The quantitative estimate of drug-likeness (QED) is 0.718. The monoisotopic (exact) mass is 435 g/mol. The molecule has 30 heavy (non-hydrogen) atoms. The van der Waals surface area contributed by atoms with E-state index in [1.165, 1.54) is 4.31 Å². The summed E-state index contributed by atoms with van der Waals surface area (Å²) in [5.41, 5.74) is 2.10. The van der Waals surface area contributed by atoms with Gasteiger partial charge in [-0.05, 0) is 44.4 Å². The lowest BCUT2D eigenvalue weighted by Crippen LogP contribution is -2.43. The lowest BCUT2D eigenvalue weighted by molar-refractivity contribution is 0.200. The fourth-order valence-electron chi connectivity index (χ4n) is 3.60. The van der Waals surface area contributed by atoms with E-state index in [4.69, 9.17) is 4.74 Å². The van der Waals surface area contributed by atoms with Gasteiger partial charge in [-0.3, -0.25) is 5.10 Å². The van der Waals surface area contributed by atoms with Crippen LogP contribution in [-0.2, 0) is 16.4 Å². The number of carbonyl (C=O) groups excluding carboxylic acids is 1. The van der Waals surface area contributed by atoms with Crippen LogP contribution in [-0.4, -0.2) is 73.7 Å². The van der Waals surface area contributed by atoms with Crippen LogP contribution in [0.3, 0.4) is 0 Å². The van der Waals surface area contributed by atoms with Gasteiger partial charge < -0.3 is 15.0 Å². The van der Waals surface area contributed by atoms with Gasteiger partial charge in [0.1, 0.15) is 10.6 Å². The van der Waals surface area contributed by atoms with Crippen LogP contribution in [0.25, 0.3) is 0 Å². The first-order valence-corrected chi connectivity index (χ1v) is 11.4. The van der Waals surface area contributed by atoms with Gasteiger partial charge in [0, 0.05) is 32.7 Å². The number of sulfonamides is 1. The lowest BCUT2D eigenvalue weighted by atomic mass is 10.1. The highest BCUT2D eigenvalue weighted by atomic mass is 32.2. The molecule has 1 fully saturated rings. The van der Waals surface area contributed by atoms with Crippen molar-refractivity contribution < 1.29 is 17.9 Å². The molecule has 1 aromatic heterocycles. The second-order valence-corrected chi connectivity index (χ2v) is 9.21. The lowest BCUT2D eigenvalue weighted by Gasteiger charge is -2.22. The van der Waals surface area contributed by atoms with Crippen molar-refractivity contribution in [2.24, 2.45) is 0 Å². The van der Waals surface area contributed by atoms with Gasteiger partial charge in [-0.1, -0.05) is 12.1 Å². The Kier molecular flexibility index (Phi) is 6.99. The van der Waals surface area contributed by atoms with Gasteiger partial charge in [-0.25, -0.2) is 13.2 Å². The van der Waals surface area contributed by atoms with E-state index in [0.29, 0.717) is 50.4 Å². The van der Waals surface area contributed by atoms with Crippen LogP contribution in [0.1, 0.15) is 23.4 Å². The van der Waals surface area contributed by atoms with E-state index in [-0.39, 0.29) is 17.5 Å². The van der Waals surface area contributed by atoms with Gasteiger partial charge in [0.25, 0.3) is 0 Å². The molecule has 2 heterocycles. The maximum atomic E-state index is 13.0. The van der Waals surface area contributed by atoms with Crippen molar-refractivity contribution in [1.82, 2.24) is 24.7 Å². The number of aromatic amines is 1.